The SMILES string of the molecule is Cc1cccc(COc2cccc(C(=O)N3CCC(C(=O)NCC(C)(C)CN(C)C)CC3)c2)c1. The molecule has 1 aliphatic rings. The van der Waals surface area contributed by atoms with E-state index in [-0.39, 0.29) is 23.1 Å². The molecule has 1 aliphatic heterocycles. The summed E-state index contributed by atoms with van der Waals surface area (Å²) in [5, 5.41) is 3.13. The summed E-state index contributed by atoms with van der Waals surface area (Å²) < 4.78 is 5.93. The van der Waals surface area contributed by atoms with Crippen LogP contribution in [0.5, 0.6) is 5.75 Å². The lowest BCUT2D eigenvalue weighted by molar-refractivity contribution is -0.126. The van der Waals surface area contributed by atoms with Crippen LogP contribution in [0.4, 0.5) is 0 Å². The lowest BCUT2D eigenvalue weighted by Crippen LogP contribution is -2.46. The normalized spacial score (nSPS) is 14.8. The standard InChI is InChI=1S/C28H39N3O3/c1-21-8-6-9-22(16-21)18-34-25-11-7-10-24(17-25)27(33)31-14-12-23(13-15-31)26(32)29-19-28(2,3)20-30(4)5/h6-11,16-17,23H,12-15,18-20H2,1-5H3,(H,29,32). The molecule has 0 saturated carbocycles. The van der Waals surface area contributed by atoms with Crippen molar-refractivity contribution in [2.24, 2.45) is 11.3 Å². The van der Waals surface area contributed by atoms with Crippen LogP contribution in [0.2, 0.25) is 0 Å². The van der Waals surface area contributed by atoms with E-state index in [4.69, 9.17) is 4.74 Å². The largest absolute Gasteiger partial charge is 0.489 e. The third-order valence-corrected chi connectivity index (χ3v) is 6.21. The van der Waals surface area contributed by atoms with Crippen molar-refractivity contribution >= 4 is 11.8 Å². The Balaban J connectivity index is 1.49. The first-order valence-electron chi connectivity index (χ1n) is 12.1. The Morgan fingerprint density at radius 1 is 1.09 bits per heavy atom. The third-order valence-electron chi connectivity index (χ3n) is 6.21. The van der Waals surface area contributed by atoms with E-state index in [2.05, 4.69) is 43.1 Å². The topological polar surface area (TPSA) is 61.9 Å². The summed E-state index contributed by atoms with van der Waals surface area (Å²) in [6.45, 7) is 9.58. The fourth-order valence-corrected chi connectivity index (χ4v) is 4.60. The maximum absolute atomic E-state index is 13.1. The Hall–Kier alpha value is -2.86. The molecule has 0 bridgehead atoms. The molecule has 6 nitrogen and oxygen atoms in total. The molecule has 3 rings (SSSR count). The van der Waals surface area contributed by atoms with Gasteiger partial charge in [0, 0.05) is 37.7 Å². The van der Waals surface area contributed by atoms with Gasteiger partial charge in [0.15, 0.2) is 0 Å². The van der Waals surface area contributed by atoms with E-state index >= 15 is 0 Å². The predicted molar refractivity (Wildman–Crippen MR) is 136 cm³/mol. The molecule has 0 unspecified atom stereocenters. The quantitative estimate of drug-likeness (QED) is 0.605. The molecule has 34 heavy (non-hydrogen) atoms. The first kappa shape index (κ1) is 25.8. The zero-order chi connectivity index (χ0) is 24.7. The number of rotatable bonds is 9. The van der Waals surface area contributed by atoms with Gasteiger partial charge in [-0.05, 0) is 63.0 Å². The van der Waals surface area contributed by atoms with Gasteiger partial charge in [-0.3, -0.25) is 9.59 Å². The Bertz CT molecular complexity index is 978. The summed E-state index contributed by atoms with van der Waals surface area (Å²) in [4.78, 5) is 29.7. The maximum atomic E-state index is 13.1. The van der Waals surface area contributed by atoms with Gasteiger partial charge in [-0.2, -0.15) is 0 Å². The van der Waals surface area contributed by atoms with Crippen molar-refractivity contribution in [3.63, 3.8) is 0 Å². The van der Waals surface area contributed by atoms with Crippen molar-refractivity contribution in [2.45, 2.75) is 40.2 Å². The number of carbonyl (C=O) groups excluding carboxylic acids is 2. The molecule has 1 N–H and O–H groups in total. The van der Waals surface area contributed by atoms with Crippen molar-refractivity contribution in [3.05, 3.63) is 65.2 Å². The molecule has 2 amide bonds. The minimum atomic E-state index is -0.0387. The van der Waals surface area contributed by atoms with E-state index in [1.165, 1.54) is 5.56 Å². The second kappa shape index (κ2) is 11.5. The fraction of sp³-hybridized carbons (Fsp3) is 0.500. The van der Waals surface area contributed by atoms with Crippen LogP contribution in [0.3, 0.4) is 0 Å². The Labute approximate surface area is 204 Å². The van der Waals surface area contributed by atoms with E-state index in [0.717, 1.165) is 12.1 Å². The van der Waals surface area contributed by atoms with Crippen LogP contribution in [0.1, 0.15) is 48.2 Å². The van der Waals surface area contributed by atoms with Crippen LogP contribution in [0, 0.1) is 18.3 Å². The van der Waals surface area contributed by atoms with E-state index in [9.17, 15) is 9.59 Å². The highest BCUT2D eigenvalue weighted by molar-refractivity contribution is 5.94. The highest BCUT2D eigenvalue weighted by Crippen LogP contribution is 2.22. The summed E-state index contributed by atoms with van der Waals surface area (Å²) in [5.41, 5.74) is 2.93. The zero-order valence-corrected chi connectivity index (χ0v) is 21.3. The highest BCUT2D eigenvalue weighted by atomic mass is 16.5. The molecule has 184 valence electrons. The van der Waals surface area contributed by atoms with Gasteiger partial charge in [-0.15, -0.1) is 0 Å². The molecular formula is C28H39N3O3. The Morgan fingerprint density at radius 2 is 1.79 bits per heavy atom. The van der Waals surface area contributed by atoms with Gasteiger partial charge in [0.1, 0.15) is 12.4 Å². The number of hydrogen-bond acceptors (Lipinski definition) is 4. The molecule has 6 heteroatoms. The van der Waals surface area contributed by atoms with Gasteiger partial charge in [-0.25, -0.2) is 0 Å². The number of ether oxygens (including phenoxy) is 1. The number of likely N-dealkylation sites (tertiary alicyclic amines) is 1. The first-order chi connectivity index (χ1) is 16.1. The van der Waals surface area contributed by atoms with E-state index < -0.39 is 0 Å². The Kier molecular flexibility index (Phi) is 8.72. The number of piperidine rings is 1. The van der Waals surface area contributed by atoms with Crippen molar-refractivity contribution in [2.75, 3.05) is 40.3 Å². The van der Waals surface area contributed by atoms with Crippen LogP contribution in [0.25, 0.3) is 0 Å². The average Bonchev–Trinajstić information content (AvgIpc) is 2.80. The molecule has 0 atom stereocenters. The van der Waals surface area contributed by atoms with E-state index in [1.807, 2.05) is 55.4 Å². The predicted octanol–water partition coefficient (Wildman–Crippen LogP) is 4.13. The second-order valence-corrected chi connectivity index (χ2v) is 10.5. The van der Waals surface area contributed by atoms with Crippen molar-refractivity contribution < 1.29 is 14.3 Å². The third kappa shape index (κ3) is 7.59. The maximum Gasteiger partial charge on any atom is 0.253 e. The molecule has 1 saturated heterocycles. The molecule has 2 aromatic carbocycles. The summed E-state index contributed by atoms with van der Waals surface area (Å²) in [6.07, 6.45) is 1.38. The minimum Gasteiger partial charge on any atom is -0.489 e. The minimum absolute atomic E-state index is 0.00743. The van der Waals surface area contributed by atoms with Gasteiger partial charge >= 0.3 is 0 Å². The fourth-order valence-electron chi connectivity index (χ4n) is 4.60. The van der Waals surface area contributed by atoms with E-state index in [1.54, 1.807) is 0 Å². The molecule has 2 aromatic rings. The van der Waals surface area contributed by atoms with Gasteiger partial charge in [-0.1, -0.05) is 49.7 Å². The van der Waals surface area contributed by atoms with Crippen LogP contribution in [-0.4, -0.2) is 61.9 Å². The highest BCUT2D eigenvalue weighted by Gasteiger charge is 2.29. The summed E-state index contributed by atoms with van der Waals surface area (Å²) in [5.74, 6) is 0.739. The summed E-state index contributed by atoms with van der Waals surface area (Å²) in [6, 6.07) is 15.6. The first-order valence-corrected chi connectivity index (χ1v) is 12.1. The zero-order valence-electron chi connectivity index (χ0n) is 21.3. The number of carbonyl (C=O) groups is 2. The molecule has 0 aliphatic carbocycles. The molecule has 1 heterocycles. The van der Waals surface area contributed by atoms with Crippen LogP contribution in [0.15, 0.2) is 48.5 Å². The van der Waals surface area contributed by atoms with Crippen molar-refractivity contribution in [1.29, 1.82) is 0 Å². The van der Waals surface area contributed by atoms with Gasteiger partial charge in [0.05, 0.1) is 0 Å². The Morgan fingerprint density at radius 3 is 2.47 bits per heavy atom. The monoisotopic (exact) mass is 465 g/mol. The number of benzene rings is 2. The number of aryl methyl sites for hydroxylation is 1. The van der Waals surface area contributed by atoms with Gasteiger partial charge in [0.2, 0.25) is 5.91 Å². The van der Waals surface area contributed by atoms with Crippen LogP contribution >= 0.6 is 0 Å². The van der Waals surface area contributed by atoms with Gasteiger partial charge < -0.3 is 19.9 Å². The summed E-state index contributed by atoms with van der Waals surface area (Å²) >= 11 is 0. The van der Waals surface area contributed by atoms with Gasteiger partial charge in [0.25, 0.3) is 5.91 Å². The summed E-state index contributed by atoms with van der Waals surface area (Å²) in [7, 11) is 4.09. The number of nitrogens with zero attached hydrogens (tertiary/aromatic N) is 2. The lowest BCUT2D eigenvalue weighted by atomic mass is 9.91. The molecule has 0 aromatic heterocycles. The second-order valence-electron chi connectivity index (χ2n) is 10.5. The smallest absolute Gasteiger partial charge is 0.253 e. The average molecular weight is 466 g/mol. The molecule has 0 spiro atoms. The number of nitrogens with one attached hydrogen (secondary N) is 1. The molecular weight excluding hydrogens is 426 g/mol. The van der Waals surface area contributed by atoms with Crippen LogP contribution in [-0.2, 0) is 11.4 Å². The van der Waals surface area contributed by atoms with Crippen molar-refractivity contribution in [3.8, 4) is 5.75 Å². The number of hydrogen-bond donors (Lipinski definition) is 1. The van der Waals surface area contributed by atoms with E-state index in [0.29, 0.717) is 50.4 Å². The molecule has 0 radical (unpaired) electrons. The number of amides is 2. The lowest BCUT2D eigenvalue weighted by Gasteiger charge is -2.33. The molecule has 1 fully saturated rings. The van der Waals surface area contributed by atoms with Crippen molar-refractivity contribution in [1.82, 2.24) is 15.1 Å². The van der Waals surface area contributed by atoms with Crippen LogP contribution < -0.4 is 10.1 Å².